The number of allylic oxidation sites excluding steroid dienone is 2. The van der Waals surface area contributed by atoms with Crippen LogP contribution in [0, 0.1) is 17.3 Å². The molecule has 1 saturated carbocycles. The Kier molecular flexibility index (Phi) is 4.31. The molecule has 26 heavy (non-hydrogen) atoms. The van der Waals surface area contributed by atoms with Gasteiger partial charge in [0, 0.05) is 0 Å². The average molecular weight is 378 g/mol. The van der Waals surface area contributed by atoms with E-state index in [0.29, 0.717) is 23.0 Å². The molecule has 0 aliphatic heterocycles. The van der Waals surface area contributed by atoms with Gasteiger partial charge in [-0.15, -0.1) is 0 Å². The van der Waals surface area contributed by atoms with Crippen molar-refractivity contribution in [3.63, 3.8) is 0 Å². The molecule has 5 nitrogen and oxygen atoms in total. The van der Waals surface area contributed by atoms with Gasteiger partial charge in [0.25, 0.3) is 0 Å². The molecule has 0 heterocycles. The second kappa shape index (κ2) is 6.27. The Labute approximate surface area is 155 Å². The molecule has 0 amide bonds. The Bertz CT molecular complexity index is 848. The van der Waals surface area contributed by atoms with E-state index >= 15 is 0 Å². The summed E-state index contributed by atoms with van der Waals surface area (Å²) in [5, 5.41) is 5.05. The number of ether oxygens (including phenoxy) is 1. The number of hydrogen-bond acceptors (Lipinski definition) is 4. The molecule has 2 N–H and O–H groups in total. The zero-order valence-corrected chi connectivity index (χ0v) is 16.2. The molecule has 4 atom stereocenters. The van der Waals surface area contributed by atoms with Gasteiger partial charge in [0.15, 0.2) is 11.5 Å². The summed E-state index contributed by atoms with van der Waals surface area (Å²) < 4.78 is 33.1. The van der Waals surface area contributed by atoms with Crippen LogP contribution in [0.1, 0.15) is 56.1 Å². The van der Waals surface area contributed by atoms with Crippen molar-refractivity contribution >= 4 is 10.3 Å². The molecule has 142 valence electrons. The first-order chi connectivity index (χ1) is 12.4. The fourth-order valence-corrected chi connectivity index (χ4v) is 6.17. The van der Waals surface area contributed by atoms with Crippen molar-refractivity contribution < 1.29 is 17.3 Å². The van der Waals surface area contributed by atoms with E-state index in [-0.39, 0.29) is 5.75 Å². The predicted molar refractivity (Wildman–Crippen MR) is 100 cm³/mol. The summed E-state index contributed by atoms with van der Waals surface area (Å²) in [4.78, 5) is 0. The average Bonchev–Trinajstić information content (AvgIpc) is 3.04. The smallest absolute Gasteiger partial charge is 0.380 e. The zero-order chi connectivity index (χ0) is 18.5. The second-order valence-electron chi connectivity index (χ2n) is 7.96. The minimum absolute atomic E-state index is 0.188. The molecular formula is C20H27NO4S. The molecule has 6 heteroatoms. The van der Waals surface area contributed by atoms with Crippen LogP contribution >= 0.6 is 0 Å². The first-order valence-corrected chi connectivity index (χ1v) is 10.9. The Hall–Kier alpha value is -1.53. The first-order valence-electron chi connectivity index (χ1n) is 9.47. The highest BCUT2D eigenvalue weighted by atomic mass is 32.2. The topological polar surface area (TPSA) is 78.6 Å². The van der Waals surface area contributed by atoms with Gasteiger partial charge in [-0.2, -0.15) is 13.6 Å². The van der Waals surface area contributed by atoms with Gasteiger partial charge in [-0.3, -0.25) is 0 Å². The summed E-state index contributed by atoms with van der Waals surface area (Å²) in [6.07, 6.45) is 11.8. The molecular weight excluding hydrogens is 350 g/mol. The van der Waals surface area contributed by atoms with Crippen LogP contribution in [0.15, 0.2) is 24.3 Å². The van der Waals surface area contributed by atoms with Crippen LogP contribution in [0.3, 0.4) is 0 Å². The maximum atomic E-state index is 11.4. The van der Waals surface area contributed by atoms with Crippen LogP contribution in [-0.4, -0.2) is 15.5 Å². The van der Waals surface area contributed by atoms with Gasteiger partial charge in [-0.1, -0.05) is 19.1 Å². The molecule has 0 spiro atoms. The van der Waals surface area contributed by atoms with Crippen LogP contribution in [0.2, 0.25) is 0 Å². The van der Waals surface area contributed by atoms with Gasteiger partial charge in [0.2, 0.25) is 0 Å². The monoisotopic (exact) mass is 377 g/mol. The Morgan fingerprint density at radius 3 is 2.77 bits per heavy atom. The van der Waals surface area contributed by atoms with E-state index in [4.69, 9.17) is 14.1 Å². The van der Waals surface area contributed by atoms with Crippen molar-refractivity contribution in [1.82, 2.24) is 0 Å². The molecule has 3 aliphatic carbocycles. The van der Waals surface area contributed by atoms with Gasteiger partial charge in [-0.05, 0) is 85.0 Å². The lowest BCUT2D eigenvalue weighted by Crippen LogP contribution is -2.41. The van der Waals surface area contributed by atoms with E-state index in [1.54, 1.807) is 0 Å². The minimum atomic E-state index is -4.07. The van der Waals surface area contributed by atoms with Crippen molar-refractivity contribution in [1.29, 1.82) is 0 Å². The number of rotatable bonds is 4. The number of fused-ring (bicyclic) bond motifs is 5. The molecule has 0 aromatic heterocycles. The summed E-state index contributed by atoms with van der Waals surface area (Å²) >= 11 is 0. The van der Waals surface area contributed by atoms with Crippen molar-refractivity contribution in [3.05, 3.63) is 35.4 Å². The Morgan fingerprint density at radius 1 is 1.27 bits per heavy atom. The lowest BCUT2D eigenvalue weighted by atomic mass is 9.54. The number of benzene rings is 1. The summed E-state index contributed by atoms with van der Waals surface area (Å²) in [5.74, 6) is 2.55. The van der Waals surface area contributed by atoms with E-state index in [2.05, 4.69) is 19.1 Å². The molecule has 1 fully saturated rings. The maximum Gasteiger partial charge on any atom is 0.380 e. The standard InChI is InChI=1S/C20H27NO4S/c1-3-20-9-4-5-17(20)15-7-6-13-11-19(25-26(21,22)23)18(24-2)12-16(13)14(15)8-10-20/h4,9,11-12,14-15,17H,3,5-8,10H2,1-2H3,(H2,21,22,23)/t14?,15?,17?,20-/m0/s1. The van der Waals surface area contributed by atoms with Crippen molar-refractivity contribution in [3.8, 4) is 11.5 Å². The van der Waals surface area contributed by atoms with Gasteiger partial charge < -0.3 is 8.92 Å². The fourth-order valence-electron chi connectivity index (χ4n) is 5.79. The highest BCUT2D eigenvalue weighted by Gasteiger charge is 2.49. The molecule has 1 aromatic carbocycles. The molecule has 3 aliphatic rings. The van der Waals surface area contributed by atoms with Crippen molar-refractivity contribution in [2.75, 3.05) is 7.11 Å². The highest BCUT2D eigenvalue weighted by Crippen LogP contribution is 2.60. The van der Waals surface area contributed by atoms with Crippen LogP contribution in [0.4, 0.5) is 0 Å². The number of aryl methyl sites for hydroxylation is 1. The summed E-state index contributed by atoms with van der Waals surface area (Å²) in [7, 11) is -2.54. The lowest BCUT2D eigenvalue weighted by Gasteiger charge is -2.50. The zero-order valence-electron chi connectivity index (χ0n) is 15.4. The minimum Gasteiger partial charge on any atom is -0.493 e. The third-order valence-electron chi connectivity index (χ3n) is 6.97. The van der Waals surface area contributed by atoms with Crippen molar-refractivity contribution in [2.45, 2.75) is 51.4 Å². The van der Waals surface area contributed by atoms with Crippen molar-refractivity contribution in [2.24, 2.45) is 22.4 Å². The molecule has 3 unspecified atom stereocenters. The number of methoxy groups -OCH3 is 1. The quantitative estimate of drug-likeness (QED) is 0.812. The third-order valence-corrected chi connectivity index (χ3v) is 7.38. The lowest BCUT2D eigenvalue weighted by molar-refractivity contribution is 0.0653. The largest absolute Gasteiger partial charge is 0.493 e. The summed E-state index contributed by atoms with van der Waals surface area (Å²) in [6.45, 7) is 2.32. The molecule has 4 rings (SSSR count). The molecule has 0 radical (unpaired) electrons. The number of hydrogen-bond donors (Lipinski definition) is 1. The highest BCUT2D eigenvalue weighted by molar-refractivity contribution is 7.84. The van der Waals surface area contributed by atoms with Crippen LogP contribution in [0.5, 0.6) is 11.5 Å². The normalized spacial score (nSPS) is 32.5. The SMILES string of the molecule is CC[C@@]12C=CCC1C1CCc3cc(OS(N)(=O)=O)c(OC)cc3C1CC2. The van der Waals surface area contributed by atoms with Gasteiger partial charge >= 0.3 is 10.3 Å². The third kappa shape index (κ3) is 2.83. The van der Waals surface area contributed by atoms with Crippen LogP contribution in [0.25, 0.3) is 0 Å². The molecule has 0 saturated heterocycles. The van der Waals surface area contributed by atoms with E-state index < -0.39 is 10.3 Å². The summed E-state index contributed by atoms with van der Waals surface area (Å²) in [6, 6.07) is 3.79. The van der Waals surface area contributed by atoms with E-state index in [9.17, 15) is 8.42 Å². The van der Waals surface area contributed by atoms with Crippen LogP contribution < -0.4 is 14.1 Å². The number of nitrogens with two attached hydrogens (primary N) is 1. The Morgan fingerprint density at radius 2 is 2.08 bits per heavy atom. The fraction of sp³-hybridized carbons (Fsp3) is 0.600. The summed E-state index contributed by atoms with van der Waals surface area (Å²) in [5.41, 5.74) is 2.86. The predicted octanol–water partition coefficient (Wildman–Crippen LogP) is 3.69. The molecule has 1 aromatic rings. The molecule has 0 bridgehead atoms. The maximum absolute atomic E-state index is 11.4. The first kappa shape index (κ1) is 17.9. The van der Waals surface area contributed by atoms with E-state index in [1.165, 1.54) is 43.9 Å². The van der Waals surface area contributed by atoms with Gasteiger partial charge in [0.1, 0.15) is 0 Å². The van der Waals surface area contributed by atoms with E-state index in [0.717, 1.165) is 18.8 Å². The van der Waals surface area contributed by atoms with Crippen LogP contribution in [-0.2, 0) is 16.7 Å². The van der Waals surface area contributed by atoms with Gasteiger partial charge in [0.05, 0.1) is 7.11 Å². The van der Waals surface area contributed by atoms with Gasteiger partial charge in [-0.25, -0.2) is 0 Å². The Balaban J connectivity index is 1.71. The second-order valence-corrected chi connectivity index (χ2v) is 9.11. The van der Waals surface area contributed by atoms with E-state index in [1.807, 2.05) is 12.1 Å².